The van der Waals surface area contributed by atoms with Crippen LogP contribution in [0.2, 0.25) is 0 Å². The first kappa shape index (κ1) is 23.4. The average Bonchev–Trinajstić information content (AvgIpc) is 2.70. The SMILES string of the molecule is CC1=C(CN2CC(C(=O)O)C2)CCc2cc(OCCCc3ccccc3C)ccc21.Cl. The molecule has 2 aliphatic rings. The normalized spacial score (nSPS) is 16.3. The fraction of sp³-hybridized carbons (Fsp3) is 0.423. The van der Waals surface area contributed by atoms with Gasteiger partial charge in [-0.2, -0.15) is 0 Å². The molecule has 0 amide bonds. The number of ether oxygens (including phenoxy) is 1. The molecule has 2 aromatic rings. The van der Waals surface area contributed by atoms with Crippen LogP contribution in [0.25, 0.3) is 5.57 Å². The molecular formula is C26H32ClNO3. The number of fused-ring (bicyclic) bond motifs is 1. The number of carboxylic acids is 1. The number of carbonyl (C=O) groups is 1. The highest BCUT2D eigenvalue weighted by Gasteiger charge is 2.33. The lowest BCUT2D eigenvalue weighted by atomic mass is 9.85. The Bertz CT molecular complexity index is 963. The number of aryl methyl sites for hydroxylation is 3. The van der Waals surface area contributed by atoms with E-state index in [1.807, 2.05) is 0 Å². The molecule has 1 aliphatic carbocycles. The number of nitrogens with zero attached hydrogens (tertiary/aromatic N) is 1. The van der Waals surface area contributed by atoms with Crippen LogP contribution in [0.1, 0.15) is 42.0 Å². The van der Waals surface area contributed by atoms with Crippen molar-refractivity contribution in [1.29, 1.82) is 0 Å². The largest absolute Gasteiger partial charge is 0.494 e. The topological polar surface area (TPSA) is 49.8 Å². The van der Waals surface area contributed by atoms with Crippen LogP contribution in [0.15, 0.2) is 48.0 Å². The smallest absolute Gasteiger partial charge is 0.309 e. The number of aliphatic carboxylic acids is 1. The van der Waals surface area contributed by atoms with Gasteiger partial charge >= 0.3 is 5.97 Å². The molecule has 1 saturated heterocycles. The summed E-state index contributed by atoms with van der Waals surface area (Å²) in [4.78, 5) is 13.3. The molecule has 166 valence electrons. The number of likely N-dealkylation sites (tertiary alicyclic amines) is 1. The van der Waals surface area contributed by atoms with Gasteiger partial charge in [-0.15, -0.1) is 12.4 Å². The van der Waals surface area contributed by atoms with E-state index in [1.54, 1.807) is 0 Å². The van der Waals surface area contributed by atoms with Crippen molar-refractivity contribution in [2.45, 2.75) is 39.5 Å². The van der Waals surface area contributed by atoms with Crippen LogP contribution >= 0.6 is 12.4 Å². The Hall–Kier alpha value is -2.30. The summed E-state index contributed by atoms with van der Waals surface area (Å²) in [5.41, 5.74) is 8.22. The van der Waals surface area contributed by atoms with E-state index in [2.05, 4.69) is 61.2 Å². The van der Waals surface area contributed by atoms with Crippen LogP contribution in [0, 0.1) is 12.8 Å². The van der Waals surface area contributed by atoms with Gasteiger partial charge in [0.1, 0.15) is 5.75 Å². The Morgan fingerprint density at radius 3 is 2.65 bits per heavy atom. The minimum Gasteiger partial charge on any atom is -0.494 e. The van der Waals surface area contributed by atoms with E-state index < -0.39 is 5.97 Å². The first-order valence-electron chi connectivity index (χ1n) is 11.0. The van der Waals surface area contributed by atoms with E-state index in [0.717, 1.165) is 44.6 Å². The van der Waals surface area contributed by atoms with Gasteiger partial charge in [-0.25, -0.2) is 0 Å². The third-order valence-electron chi connectivity index (χ3n) is 6.55. The highest BCUT2D eigenvalue weighted by atomic mass is 35.5. The van der Waals surface area contributed by atoms with Gasteiger partial charge in [0.05, 0.1) is 12.5 Å². The molecule has 0 aromatic heterocycles. The lowest BCUT2D eigenvalue weighted by Crippen LogP contribution is -2.50. The Labute approximate surface area is 191 Å². The Morgan fingerprint density at radius 2 is 1.90 bits per heavy atom. The predicted molar refractivity (Wildman–Crippen MR) is 127 cm³/mol. The molecule has 1 heterocycles. The highest BCUT2D eigenvalue weighted by Crippen LogP contribution is 2.34. The molecule has 0 spiro atoms. The van der Waals surface area contributed by atoms with Crippen molar-refractivity contribution in [2.24, 2.45) is 5.92 Å². The van der Waals surface area contributed by atoms with Gasteiger partial charge in [0.15, 0.2) is 0 Å². The average molecular weight is 442 g/mol. The number of halogens is 1. The fourth-order valence-corrected chi connectivity index (χ4v) is 4.56. The number of hydrogen-bond acceptors (Lipinski definition) is 3. The Kier molecular flexibility index (Phi) is 7.79. The third-order valence-corrected chi connectivity index (χ3v) is 6.55. The molecule has 31 heavy (non-hydrogen) atoms. The first-order chi connectivity index (χ1) is 14.5. The lowest BCUT2D eigenvalue weighted by molar-refractivity contribution is -0.147. The van der Waals surface area contributed by atoms with Crippen molar-refractivity contribution in [2.75, 3.05) is 26.2 Å². The summed E-state index contributed by atoms with van der Waals surface area (Å²) < 4.78 is 6.04. The third kappa shape index (κ3) is 5.50. The molecule has 4 rings (SSSR count). The molecule has 0 saturated carbocycles. The van der Waals surface area contributed by atoms with E-state index in [9.17, 15) is 4.79 Å². The summed E-state index contributed by atoms with van der Waals surface area (Å²) in [7, 11) is 0. The number of benzene rings is 2. The lowest BCUT2D eigenvalue weighted by Gasteiger charge is -2.38. The Morgan fingerprint density at radius 1 is 1.13 bits per heavy atom. The summed E-state index contributed by atoms with van der Waals surface area (Å²) in [5.74, 6) is 0.103. The summed E-state index contributed by atoms with van der Waals surface area (Å²) in [6.45, 7) is 7.34. The van der Waals surface area contributed by atoms with Gasteiger partial charge < -0.3 is 9.84 Å². The molecule has 4 nitrogen and oxygen atoms in total. The maximum absolute atomic E-state index is 11.0. The molecule has 1 aliphatic heterocycles. The molecule has 5 heteroatoms. The van der Waals surface area contributed by atoms with Crippen LogP contribution < -0.4 is 4.74 Å². The first-order valence-corrected chi connectivity index (χ1v) is 11.0. The summed E-state index contributed by atoms with van der Waals surface area (Å²) >= 11 is 0. The monoisotopic (exact) mass is 441 g/mol. The minimum absolute atomic E-state index is 0. The molecule has 0 atom stereocenters. The van der Waals surface area contributed by atoms with E-state index in [4.69, 9.17) is 9.84 Å². The van der Waals surface area contributed by atoms with Crippen LogP contribution in [0.3, 0.4) is 0 Å². The predicted octanol–water partition coefficient (Wildman–Crippen LogP) is 5.16. The molecule has 1 N–H and O–H groups in total. The summed E-state index contributed by atoms with van der Waals surface area (Å²) in [6, 6.07) is 15.0. The molecule has 1 fully saturated rings. The zero-order chi connectivity index (χ0) is 21.1. The van der Waals surface area contributed by atoms with Crippen LogP contribution in [0.4, 0.5) is 0 Å². The van der Waals surface area contributed by atoms with Crippen molar-refractivity contribution in [1.82, 2.24) is 4.90 Å². The van der Waals surface area contributed by atoms with Crippen molar-refractivity contribution >= 4 is 23.9 Å². The van der Waals surface area contributed by atoms with Crippen LogP contribution in [0.5, 0.6) is 5.75 Å². The van der Waals surface area contributed by atoms with Crippen LogP contribution in [-0.2, 0) is 17.6 Å². The maximum Gasteiger partial charge on any atom is 0.309 e. The molecule has 0 bridgehead atoms. The fourth-order valence-electron chi connectivity index (χ4n) is 4.56. The molecule has 0 radical (unpaired) electrons. The van der Waals surface area contributed by atoms with E-state index >= 15 is 0 Å². The van der Waals surface area contributed by atoms with E-state index in [0.29, 0.717) is 13.1 Å². The summed E-state index contributed by atoms with van der Waals surface area (Å²) in [5, 5.41) is 9.06. The minimum atomic E-state index is -0.669. The Balaban J connectivity index is 0.00000272. The van der Waals surface area contributed by atoms with Crippen molar-refractivity contribution in [3.8, 4) is 5.75 Å². The van der Waals surface area contributed by atoms with Gasteiger partial charge in [0.25, 0.3) is 0 Å². The second-order valence-corrected chi connectivity index (χ2v) is 8.66. The standard InChI is InChI=1S/C26H31NO3.ClH/c1-18-6-3-4-7-20(18)8-5-13-30-24-11-12-25-19(2)22(10-9-21(25)14-24)15-27-16-23(17-27)26(28)29;/h3-4,6-7,11-12,14,23H,5,8-10,13,15-17H2,1-2H3,(H,28,29);1H. The van der Waals surface area contributed by atoms with Gasteiger partial charge in [0.2, 0.25) is 0 Å². The number of allylic oxidation sites excluding steroid dienone is 1. The van der Waals surface area contributed by atoms with Crippen LogP contribution in [-0.4, -0.2) is 42.2 Å². The van der Waals surface area contributed by atoms with Gasteiger partial charge in [-0.05, 0) is 79.5 Å². The maximum atomic E-state index is 11.0. The van der Waals surface area contributed by atoms with Crippen molar-refractivity contribution < 1.29 is 14.6 Å². The number of hydrogen-bond donors (Lipinski definition) is 1. The summed E-state index contributed by atoms with van der Waals surface area (Å²) in [6.07, 6.45) is 4.13. The molecule has 0 unspecified atom stereocenters. The molecule has 2 aromatic carbocycles. The van der Waals surface area contributed by atoms with Gasteiger partial charge in [-0.3, -0.25) is 9.69 Å². The van der Waals surface area contributed by atoms with E-state index in [1.165, 1.54) is 33.4 Å². The number of rotatable bonds is 8. The highest BCUT2D eigenvalue weighted by molar-refractivity contribution is 5.85. The number of carboxylic acid groups (broad SMARTS) is 1. The van der Waals surface area contributed by atoms with Gasteiger partial charge in [0, 0.05) is 19.6 Å². The van der Waals surface area contributed by atoms with Gasteiger partial charge in [-0.1, -0.05) is 35.9 Å². The zero-order valence-corrected chi connectivity index (χ0v) is 19.2. The quantitative estimate of drug-likeness (QED) is 0.574. The van der Waals surface area contributed by atoms with Crippen molar-refractivity contribution in [3.05, 3.63) is 70.3 Å². The van der Waals surface area contributed by atoms with E-state index in [-0.39, 0.29) is 18.3 Å². The molecular weight excluding hydrogens is 410 g/mol. The zero-order valence-electron chi connectivity index (χ0n) is 18.4. The second-order valence-electron chi connectivity index (χ2n) is 8.66. The van der Waals surface area contributed by atoms with Crippen molar-refractivity contribution in [3.63, 3.8) is 0 Å². The second kappa shape index (κ2) is 10.3.